The highest BCUT2D eigenvalue weighted by Crippen LogP contribution is 1.87. The maximum absolute atomic E-state index is 8.46. The van der Waals surface area contributed by atoms with E-state index in [-0.39, 0.29) is 12.7 Å². The molecule has 0 radical (unpaired) electrons. The van der Waals surface area contributed by atoms with Gasteiger partial charge < -0.3 is 28.8 Å². The highest BCUT2D eigenvalue weighted by molar-refractivity contribution is 4.38. The van der Waals surface area contributed by atoms with Gasteiger partial charge in [0.1, 0.15) is 0 Å². The molecule has 0 aromatic heterocycles. The maximum atomic E-state index is 8.46. The molecule has 0 atom stereocenters. The van der Waals surface area contributed by atoms with Crippen LogP contribution in [0, 0.1) is 0 Å². The smallest absolute Gasteiger partial charge is 0.0703 e. The van der Waals surface area contributed by atoms with Crippen molar-refractivity contribution in [2.45, 2.75) is 20.0 Å². The molecule has 0 saturated carbocycles. The van der Waals surface area contributed by atoms with E-state index < -0.39 is 0 Å². The van der Waals surface area contributed by atoms with Crippen molar-refractivity contribution in [2.24, 2.45) is 0 Å². The van der Waals surface area contributed by atoms with E-state index in [9.17, 15) is 0 Å². The summed E-state index contributed by atoms with van der Waals surface area (Å²) in [6.45, 7) is 8.86. The lowest BCUT2D eigenvalue weighted by Crippen LogP contribution is -2.14. The molecule has 0 aliphatic carbocycles. The molecule has 0 amide bonds. The van der Waals surface area contributed by atoms with Gasteiger partial charge in [0.25, 0.3) is 0 Å². The summed E-state index contributed by atoms with van der Waals surface area (Å²) >= 11 is 0. The summed E-state index contributed by atoms with van der Waals surface area (Å²) in [5.74, 6) is 0. The summed E-state index contributed by atoms with van der Waals surface area (Å²) in [4.78, 5) is 0. The van der Waals surface area contributed by atoms with E-state index in [2.05, 4.69) is 0 Å². The van der Waals surface area contributed by atoms with E-state index in [0.29, 0.717) is 59.5 Å². The summed E-state index contributed by atoms with van der Waals surface area (Å²) in [6, 6.07) is 0. The summed E-state index contributed by atoms with van der Waals surface area (Å²) in [5, 5.41) is 8.46. The Morgan fingerprint density at radius 2 is 1.00 bits per heavy atom. The first-order valence-electron chi connectivity index (χ1n) is 6.80. The van der Waals surface area contributed by atoms with Crippen LogP contribution in [0.15, 0.2) is 0 Å². The second-order valence-electron chi connectivity index (χ2n) is 4.09. The molecule has 0 saturated heterocycles. The van der Waals surface area contributed by atoms with E-state index >= 15 is 0 Å². The normalized spacial score (nSPS) is 11.4. The third kappa shape index (κ3) is 17.8. The molecule has 0 bridgehead atoms. The SMILES string of the molecule is CC(C)OCCOCCOCCOCCOCCO. The first-order valence-corrected chi connectivity index (χ1v) is 6.80. The van der Waals surface area contributed by atoms with Gasteiger partial charge in [0.15, 0.2) is 0 Å². The molecule has 19 heavy (non-hydrogen) atoms. The van der Waals surface area contributed by atoms with Gasteiger partial charge in [-0.3, -0.25) is 0 Å². The summed E-state index contributed by atoms with van der Waals surface area (Å²) in [5.41, 5.74) is 0. The number of aliphatic hydroxyl groups is 1. The fourth-order valence-corrected chi connectivity index (χ4v) is 1.17. The van der Waals surface area contributed by atoms with Gasteiger partial charge in [-0.15, -0.1) is 0 Å². The van der Waals surface area contributed by atoms with Crippen molar-refractivity contribution in [3.05, 3.63) is 0 Å². The van der Waals surface area contributed by atoms with Crippen molar-refractivity contribution >= 4 is 0 Å². The molecule has 0 unspecified atom stereocenters. The van der Waals surface area contributed by atoms with Crippen molar-refractivity contribution < 1.29 is 28.8 Å². The lowest BCUT2D eigenvalue weighted by molar-refractivity contribution is -0.0190. The molecule has 6 nitrogen and oxygen atoms in total. The molecule has 0 fully saturated rings. The van der Waals surface area contributed by atoms with Crippen LogP contribution < -0.4 is 0 Å². The minimum absolute atomic E-state index is 0.0469. The van der Waals surface area contributed by atoms with Crippen LogP contribution in [0.4, 0.5) is 0 Å². The Kier molecular flexibility index (Phi) is 15.6. The fourth-order valence-electron chi connectivity index (χ4n) is 1.17. The highest BCUT2D eigenvalue weighted by Gasteiger charge is 1.94. The number of aliphatic hydroxyl groups excluding tert-OH is 1. The van der Waals surface area contributed by atoms with Gasteiger partial charge in [-0.05, 0) is 13.8 Å². The minimum Gasteiger partial charge on any atom is -0.394 e. The molecule has 0 rings (SSSR count). The fraction of sp³-hybridized carbons (Fsp3) is 1.00. The monoisotopic (exact) mass is 280 g/mol. The van der Waals surface area contributed by atoms with Crippen molar-refractivity contribution in [3.63, 3.8) is 0 Å². The molecular formula is C13H28O6. The maximum Gasteiger partial charge on any atom is 0.0703 e. The van der Waals surface area contributed by atoms with Gasteiger partial charge in [0.2, 0.25) is 0 Å². The molecule has 116 valence electrons. The second kappa shape index (κ2) is 15.8. The number of hydrogen-bond acceptors (Lipinski definition) is 6. The quantitative estimate of drug-likeness (QED) is 0.440. The van der Waals surface area contributed by atoms with Crippen LogP contribution in [-0.4, -0.2) is 77.3 Å². The number of rotatable bonds is 15. The third-order valence-electron chi connectivity index (χ3n) is 2.03. The summed E-state index contributed by atoms with van der Waals surface area (Å²) in [7, 11) is 0. The molecule has 0 heterocycles. The van der Waals surface area contributed by atoms with Crippen molar-refractivity contribution in [1.82, 2.24) is 0 Å². The molecule has 1 N–H and O–H groups in total. The Balaban J connectivity index is 2.91. The first kappa shape index (κ1) is 18.8. The zero-order chi connectivity index (χ0) is 14.2. The molecule has 0 spiro atoms. The van der Waals surface area contributed by atoms with Crippen LogP contribution in [0.5, 0.6) is 0 Å². The lowest BCUT2D eigenvalue weighted by Gasteiger charge is -2.08. The topological polar surface area (TPSA) is 66.4 Å². The molecule has 0 aliphatic heterocycles. The zero-order valence-corrected chi connectivity index (χ0v) is 12.1. The van der Waals surface area contributed by atoms with Gasteiger partial charge in [-0.1, -0.05) is 0 Å². The Morgan fingerprint density at radius 1 is 0.632 bits per heavy atom. The predicted molar refractivity (Wildman–Crippen MR) is 71.4 cm³/mol. The predicted octanol–water partition coefficient (Wildman–Crippen LogP) is 0.470. The van der Waals surface area contributed by atoms with E-state index in [0.717, 1.165) is 0 Å². The van der Waals surface area contributed by atoms with Crippen LogP contribution in [-0.2, 0) is 23.7 Å². The first-order chi connectivity index (χ1) is 9.27. The highest BCUT2D eigenvalue weighted by atomic mass is 16.6. The third-order valence-corrected chi connectivity index (χ3v) is 2.03. The van der Waals surface area contributed by atoms with Gasteiger partial charge in [0.05, 0.1) is 72.2 Å². The van der Waals surface area contributed by atoms with Gasteiger partial charge >= 0.3 is 0 Å². The Hall–Kier alpha value is -0.240. The van der Waals surface area contributed by atoms with Gasteiger partial charge in [-0.2, -0.15) is 0 Å². The van der Waals surface area contributed by atoms with Crippen LogP contribution in [0.2, 0.25) is 0 Å². The minimum atomic E-state index is 0.0469. The van der Waals surface area contributed by atoms with Crippen LogP contribution in [0.25, 0.3) is 0 Å². The molecule has 0 aromatic carbocycles. The van der Waals surface area contributed by atoms with E-state index in [1.54, 1.807) is 0 Å². The standard InChI is InChI=1S/C13H28O6/c1-13(2)19-12-11-18-10-9-17-8-7-16-6-5-15-4-3-14/h13-14H,3-12H2,1-2H3. The Bertz CT molecular complexity index is 165. The molecule has 6 heteroatoms. The van der Waals surface area contributed by atoms with Gasteiger partial charge in [0, 0.05) is 0 Å². The van der Waals surface area contributed by atoms with E-state index in [1.165, 1.54) is 0 Å². The van der Waals surface area contributed by atoms with Crippen LogP contribution in [0.3, 0.4) is 0 Å². The Morgan fingerprint density at radius 3 is 1.37 bits per heavy atom. The van der Waals surface area contributed by atoms with E-state index in [1.807, 2.05) is 13.8 Å². The number of ether oxygens (including phenoxy) is 5. The second-order valence-corrected chi connectivity index (χ2v) is 4.09. The molecule has 0 aromatic rings. The Labute approximate surface area is 115 Å². The van der Waals surface area contributed by atoms with Crippen LogP contribution in [0.1, 0.15) is 13.8 Å². The van der Waals surface area contributed by atoms with Gasteiger partial charge in [-0.25, -0.2) is 0 Å². The molecule has 0 aliphatic rings. The van der Waals surface area contributed by atoms with Crippen molar-refractivity contribution in [3.8, 4) is 0 Å². The summed E-state index contributed by atoms with van der Waals surface area (Å²) < 4.78 is 26.3. The van der Waals surface area contributed by atoms with E-state index in [4.69, 9.17) is 28.8 Å². The zero-order valence-electron chi connectivity index (χ0n) is 12.1. The lowest BCUT2D eigenvalue weighted by atomic mass is 10.5. The van der Waals surface area contributed by atoms with Crippen molar-refractivity contribution in [2.75, 3.05) is 66.1 Å². The average Bonchev–Trinajstić information content (AvgIpc) is 2.39. The number of hydrogen-bond donors (Lipinski definition) is 1. The average molecular weight is 280 g/mol. The van der Waals surface area contributed by atoms with Crippen LogP contribution >= 0.6 is 0 Å². The molecular weight excluding hydrogens is 252 g/mol. The van der Waals surface area contributed by atoms with Crippen molar-refractivity contribution in [1.29, 1.82) is 0 Å². The summed E-state index contributed by atoms with van der Waals surface area (Å²) in [6.07, 6.45) is 0.248. The largest absolute Gasteiger partial charge is 0.394 e.